The fourth-order valence-corrected chi connectivity index (χ4v) is 6.52. The lowest BCUT2D eigenvalue weighted by atomic mass is 9.83. The van der Waals surface area contributed by atoms with E-state index in [-0.39, 0.29) is 22.9 Å². The van der Waals surface area contributed by atoms with Crippen LogP contribution in [0.15, 0.2) is 78.2 Å². The summed E-state index contributed by atoms with van der Waals surface area (Å²) in [5, 5.41) is 12.5. The van der Waals surface area contributed by atoms with Gasteiger partial charge in [0, 0.05) is 18.5 Å². The maximum atomic E-state index is 13.8. The molecule has 180 valence electrons. The van der Waals surface area contributed by atoms with Crippen molar-refractivity contribution in [3.8, 4) is 0 Å². The van der Waals surface area contributed by atoms with E-state index in [1.54, 1.807) is 48.5 Å². The van der Waals surface area contributed by atoms with Crippen LogP contribution in [-0.2, 0) is 25.2 Å². The number of para-hydroxylation sites is 1. The Morgan fingerprint density at radius 3 is 2.62 bits per heavy atom. The van der Waals surface area contributed by atoms with E-state index in [2.05, 4.69) is 11.5 Å². The largest absolute Gasteiger partial charge is 0.467 e. The van der Waals surface area contributed by atoms with Crippen molar-refractivity contribution < 1.29 is 23.1 Å². The summed E-state index contributed by atoms with van der Waals surface area (Å²) in [5.41, 5.74) is -1.76. The number of carbonyl (C=O) groups is 1. The number of esters is 1. The van der Waals surface area contributed by atoms with E-state index in [1.807, 2.05) is 6.08 Å². The highest BCUT2D eigenvalue weighted by atomic mass is 32.2. The Balaban J connectivity index is 1.87. The van der Waals surface area contributed by atoms with Gasteiger partial charge in [0.2, 0.25) is 5.60 Å². The molecule has 4 rings (SSSR count). The van der Waals surface area contributed by atoms with Crippen molar-refractivity contribution in [2.75, 3.05) is 26.7 Å². The molecule has 0 spiro atoms. The van der Waals surface area contributed by atoms with Crippen LogP contribution < -0.4 is 0 Å². The Morgan fingerprint density at radius 1 is 1.21 bits per heavy atom. The van der Waals surface area contributed by atoms with Gasteiger partial charge in [0.1, 0.15) is 0 Å². The lowest BCUT2D eigenvalue weighted by molar-refractivity contribution is -0.166. The van der Waals surface area contributed by atoms with Crippen LogP contribution in [0, 0.1) is 5.92 Å². The molecule has 1 fully saturated rings. The summed E-state index contributed by atoms with van der Waals surface area (Å²) in [5.74, 6) is -0.899. The van der Waals surface area contributed by atoms with Crippen LogP contribution in [0.3, 0.4) is 0 Å². The van der Waals surface area contributed by atoms with Gasteiger partial charge in [-0.3, -0.25) is 4.90 Å². The van der Waals surface area contributed by atoms with Crippen LogP contribution in [0.25, 0.3) is 10.9 Å². The summed E-state index contributed by atoms with van der Waals surface area (Å²) < 4.78 is 33.7. The van der Waals surface area contributed by atoms with Gasteiger partial charge in [-0.1, -0.05) is 42.5 Å². The highest BCUT2D eigenvalue weighted by molar-refractivity contribution is 7.90. The number of benzene rings is 2. The average molecular weight is 483 g/mol. The molecule has 34 heavy (non-hydrogen) atoms. The fourth-order valence-electron chi connectivity index (χ4n) is 4.92. The second-order valence-electron chi connectivity index (χ2n) is 8.78. The van der Waals surface area contributed by atoms with E-state index in [0.717, 1.165) is 29.9 Å². The van der Waals surface area contributed by atoms with Crippen molar-refractivity contribution in [3.63, 3.8) is 0 Å². The van der Waals surface area contributed by atoms with Crippen LogP contribution in [0.4, 0.5) is 0 Å². The maximum absolute atomic E-state index is 13.8. The van der Waals surface area contributed by atoms with Gasteiger partial charge in [0.25, 0.3) is 10.0 Å². The van der Waals surface area contributed by atoms with Crippen LogP contribution in [0.1, 0.15) is 25.0 Å². The van der Waals surface area contributed by atoms with Gasteiger partial charge in [0.05, 0.1) is 23.2 Å². The number of likely N-dealkylation sites (tertiary alicyclic amines) is 1. The second-order valence-corrected chi connectivity index (χ2v) is 10.6. The van der Waals surface area contributed by atoms with Gasteiger partial charge >= 0.3 is 5.97 Å². The minimum absolute atomic E-state index is 0.00903. The molecule has 2 atom stereocenters. The van der Waals surface area contributed by atoms with Gasteiger partial charge in [-0.15, -0.1) is 6.58 Å². The average Bonchev–Trinajstić information content (AvgIpc) is 3.26. The quantitative estimate of drug-likeness (QED) is 0.390. The van der Waals surface area contributed by atoms with E-state index in [1.165, 1.54) is 19.2 Å². The number of aliphatic hydroxyl groups is 1. The molecule has 0 aliphatic carbocycles. The summed E-state index contributed by atoms with van der Waals surface area (Å²) in [7, 11) is -2.91. The number of fused-ring (bicyclic) bond motifs is 1. The van der Waals surface area contributed by atoms with Crippen LogP contribution in [-0.4, -0.2) is 55.1 Å². The van der Waals surface area contributed by atoms with Crippen molar-refractivity contribution in [2.45, 2.75) is 29.8 Å². The van der Waals surface area contributed by atoms with Gasteiger partial charge < -0.3 is 9.84 Å². The predicted molar refractivity (Wildman–Crippen MR) is 131 cm³/mol. The first kappa shape index (κ1) is 24.2. The van der Waals surface area contributed by atoms with Crippen LogP contribution in [0.2, 0.25) is 0 Å². The van der Waals surface area contributed by atoms with E-state index >= 15 is 0 Å². The zero-order chi connectivity index (χ0) is 24.3. The first-order valence-corrected chi connectivity index (χ1v) is 12.8. The Bertz CT molecular complexity index is 1290. The molecule has 0 saturated carbocycles. The molecular formula is C26H30N2O5S. The highest BCUT2D eigenvalue weighted by Gasteiger charge is 2.46. The minimum atomic E-state index is -4.11. The SMILES string of the molecule is C=CCN1CCC[C@@H](CC(O)(C(=O)OC)c2cc3ccccc3n2S(=O)(=O)c2ccccc2)C1. The Labute approximate surface area is 200 Å². The molecule has 1 N–H and O–H groups in total. The molecule has 7 nitrogen and oxygen atoms in total. The van der Waals surface area contributed by atoms with Crippen molar-refractivity contribution in [1.82, 2.24) is 8.87 Å². The molecule has 3 aromatic rings. The molecule has 1 aromatic heterocycles. The molecule has 2 heterocycles. The maximum Gasteiger partial charge on any atom is 0.344 e. The summed E-state index contributed by atoms with van der Waals surface area (Å²) in [6, 6.07) is 16.5. The smallest absolute Gasteiger partial charge is 0.344 e. The number of hydrogen-bond acceptors (Lipinski definition) is 6. The normalized spacial score (nSPS) is 18.9. The molecule has 0 amide bonds. The molecule has 1 aliphatic rings. The van der Waals surface area contributed by atoms with Gasteiger partial charge in [-0.2, -0.15) is 0 Å². The summed E-state index contributed by atoms with van der Waals surface area (Å²) in [4.78, 5) is 15.4. The zero-order valence-corrected chi connectivity index (χ0v) is 20.1. The van der Waals surface area contributed by atoms with E-state index in [0.29, 0.717) is 17.4 Å². The number of methoxy groups -OCH3 is 1. The predicted octanol–water partition coefficient (Wildman–Crippen LogP) is 3.53. The lowest BCUT2D eigenvalue weighted by Gasteiger charge is -2.36. The number of hydrogen-bond donors (Lipinski definition) is 1. The molecule has 1 unspecified atom stereocenters. The molecule has 1 saturated heterocycles. The van der Waals surface area contributed by atoms with Gasteiger partial charge in [0.15, 0.2) is 0 Å². The van der Waals surface area contributed by atoms with Gasteiger partial charge in [-0.25, -0.2) is 17.2 Å². The fraction of sp³-hybridized carbons (Fsp3) is 0.346. The first-order chi connectivity index (χ1) is 16.3. The number of ether oxygens (including phenoxy) is 1. The minimum Gasteiger partial charge on any atom is -0.467 e. The number of rotatable bonds is 8. The summed E-state index contributed by atoms with van der Waals surface area (Å²) >= 11 is 0. The highest BCUT2D eigenvalue weighted by Crippen LogP contribution is 2.38. The monoisotopic (exact) mass is 482 g/mol. The number of aromatic nitrogens is 1. The van der Waals surface area contributed by atoms with E-state index in [4.69, 9.17) is 4.74 Å². The second kappa shape index (κ2) is 9.74. The van der Waals surface area contributed by atoms with Crippen molar-refractivity contribution >= 4 is 26.9 Å². The lowest BCUT2D eigenvalue weighted by Crippen LogP contribution is -2.45. The molecule has 1 aliphatic heterocycles. The third kappa shape index (κ3) is 4.41. The summed E-state index contributed by atoms with van der Waals surface area (Å²) in [6.07, 6.45) is 3.62. The molecular weight excluding hydrogens is 452 g/mol. The van der Waals surface area contributed by atoms with Crippen molar-refractivity contribution in [2.24, 2.45) is 5.92 Å². The van der Waals surface area contributed by atoms with Crippen molar-refractivity contribution in [1.29, 1.82) is 0 Å². The molecule has 0 radical (unpaired) electrons. The zero-order valence-electron chi connectivity index (χ0n) is 19.3. The topological polar surface area (TPSA) is 88.8 Å². The van der Waals surface area contributed by atoms with Gasteiger partial charge in [-0.05, 0) is 56.0 Å². The number of carbonyl (C=O) groups excluding carboxylic acids is 1. The van der Waals surface area contributed by atoms with Crippen molar-refractivity contribution in [3.05, 3.63) is 79.0 Å². The van der Waals surface area contributed by atoms with E-state index in [9.17, 15) is 18.3 Å². The third-order valence-electron chi connectivity index (χ3n) is 6.47. The Hall–Kier alpha value is -2.94. The Kier molecular flexibility index (Phi) is 6.93. The number of piperidine rings is 1. The molecule has 8 heteroatoms. The van der Waals surface area contributed by atoms with Crippen LogP contribution in [0.5, 0.6) is 0 Å². The number of nitrogens with zero attached hydrogens (tertiary/aromatic N) is 2. The molecule has 0 bridgehead atoms. The Morgan fingerprint density at radius 2 is 1.91 bits per heavy atom. The first-order valence-electron chi connectivity index (χ1n) is 11.4. The van der Waals surface area contributed by atoms with E-state index < -0.39 is 21.6 Å². The third-order valence-corrected chi connectivity index (χ3v) is 8.21. The van der Waals surface area contributed by atoms with Crippen LogP contribution >= 0.6 is 0 Å². The summed E-state index contributed by atoms with van der Waals surface area (Å²) in [6.45, 7) is 6.11. The standard InChI is InChI=1S/C26H30N2O5S/c1-3-15-27-16-9-10-20(19-27)18-26(30,25(29)33-2)24-17-21-11-7-8-14-23(21)28(24)34(31,32)22-12-5-4-6-13-22/h3-8,11-14,17,20,30H,1,9-10,15-16,18-19H2,2H3/t20-,26?/m0/s1. The molecule has 2 aromatic carbocycles.